The van der Waals surface area contributed by atoms with Crippen molar-refractivity contribution in [3.05, 3.63) is 53.2 Å². The third-order valence-electron chi connectivity index (χ3n) is 2.48. The van der Waals surface area contributed by atoms with Crippen LogP contribution in [0.2, 0.25) is 0 Å². The highest BCUT2D eigenvalue weighted by Crippen LogP contribution is 2.17. The van der Waals surface area contributed by atoms with Crippen LogP contribution in [0, 0.1) is 12.7 Å². The summed E-state index contributed by atoms with van der Waals surface area (Å²) >= 11 is 0. The fourth-order valence-electron chi connectivity index (χ4n) is 1.53. The Morgan fingerprint density at radius 1 is 1.21 bits per heavy atom. The van der Waals surface area contributed by atoms with Crippen LogP contribution in [0.25, 0.3) is 0 Å². The van der Waals surface area contributed by atoms with E-state index in [-0.39, 0.29) is 11.5 Å². The lowest BCUT2D eigenvalue weighted by atomic mass is 10.2. The number of hydrogen-bond acceptors (Lipinski definition) is 3. The molecule has 0 fully saturated rings. The van der Waals surface area contributed by atoms with Crippen molar-refractivity contribution in [2.75, 3.05) is 5.32 Å². The summed E-state index contributed by atoms with van der Waals surface area (Å²) in [6.45, 7) is 1.64. The average molecular weight is 263 g/mol. The summed E-state index contributed by atoms with van der Waals surface area (Å²) in [5.74, 6) is -2.69. The molecule has 6 heteroatoms. The maximum Gasteiger partial charge on any atom is 0.371 e. The van der Waals surface area contributed by atoms with Crippen molar-refractivity contribution >= 4 is 17.6 Å². The summed E-state index contributed by atoms with van der Waals surface area (Å²) < 4.78 is 17.8. The van der Waals surface area contributed by atoms with E-state index in [1.165, 1.54) is 30.3 Å². The quantitative estimate of drug-likeness (QED) is 0.892. The number of carbonyl (C=O) groups is 2. The van der Waals surface area contributed by atoms with Crippen LogP contribution >= 0.6 is 0 Å². The van der Waals surface area contributed by atoms with Crippen molar-refractivity contribution in [2.45, 2.75) is 6.92 Å². The smallest absolute Gasteiger partial charge is 0.371 e. The van der Waals surface area contributed by atoms with Crippen LogP contribution in [0.3, 0.4) is 0 Å². The molecule has 0 aliphatic heterocycles. The number of furan rings is 1. The summed E-state index contributed by atoms with van der Waals surface area (Å²) in [6, 6.07) is 6.36. The number of hydrogen-bond donors (Lipinski definition) is 2. The van der Waals surface area contributed by atoms with Gasteiger partial charge in [-0.1, -0.05) is 0 Å². The molecule has 2 rings (SSSR count). The van der Waals surface area contributed by atoms with E-state index in [0.29, 0.717) is 11.3 Å². The molecule has 0 saturated carbocycles. The van der Waals surface area contributed by atoms with Crippen molar-refractivity contribution in [1.82, 2.24) is 0 Å². The van der Waals surface area contributed by atoms with Gasteiger partial charge in [-0.15, -0.1) is 0 Å². The van der Waals surface area contributed by atoms with Crippen LogP contribution in [0.1, 0.15) is 26.7 Å². The summed E-state index contributed by atoms with van der Waals surface area (Å²) in [5, 5.41) is 11.2. The van der Waals surface area contributed by atoms with E-state index < -0.39 is 17.7 Å². The number of carbonyl (C=O) groups excluding carboxylic acids is 1. The van der Waals surface area contributed by atoms with Crippen molar-refractivity contribution < 1.29 is 23.5 Å². The van der Waals surface area contributed by atoms with E-state index in [0.717, 1.165) is 0 Å². The van der Waals surface area contributed by atoms with Gasteiger partial charge in [-0.2, -0.15) is 0 Å². The standard InChI is InChI=1S/C13H10FNO4/c1-7-6-8(14)2-3-9(7)15-12(16)10-4-5-11(19-10)13(17)18/h2-6H,1H3,(H,15,16)(H,17,18). The summed E-state index contributed by atoms with van der Waals surface area (Å²) in [7, 11) is 0. The summed E-state index contributed by atoms with van der Waals surface area (Å²) in [4.78, 5) is 22.4. The van der Waals surface area contributed by atoms with Crippen molar-refractivity contribution in [3.63, 3.8) is 0 Å². The van der Waals surface area contributed by atoms with Gasteiger partial charge in [-0.25, -0.2) is 9.18 Å². The fourth-order valence-corrected chi connectivity index (χ4v) is 1.53. The zero-order valence-electron chi connectivity index (χ0n) is 9.94. The van der Waals surface area contributed by atoms with Gasteiger partial charge in [-0.05, 0) is 42.8 Å². The van der Waals surface area contributed by atoms with Gasteiger partial charge in [0.05, 0.1) is 0 Å². The van der Waals surface area contributed by atoms with Crippen LogP contribution in [0.4, 0.5) is 10.1 Å². The largest absolute Gasteiger partial charge is 0.475 e. The van der Waals surface area contributed by atoms with Crippen molar-refractivity contribution in [1.29, 1.82) is 0 Å². The molecule has 0 radical (unpaired) electrons. The molecule has 5 nitrogen and oxygen atoms in total. The second kappa shape index (κ2) is 4.93. The maximum atomic E-state index is 12.9. The Morgan fingerprint density at radius 2 is 1.89 bits per heavy atom. The van der Waals surface area contributed by atoms with Gasteiger partial charge in [0.15, 0.2) is 5.76 Å². The lowest BCUT2D eigenvalue weighted by Crippen LogP contribution is -2.12. The first-order valence-electron chi connectivity index (χ1n) is 5.38. The van der Waals surface area contributed by atoms with Crippen LogP contribution in [0.5, 0.6) is 0 Å². The van der Waals surface area contributed by atoms with Crippen molar-refractivity contribution in [2.24, 2.45) is 0 Å². The third kappa shape index (κ3) is 2.79. The highest BCUT2D eigenvalue weighted by molar-refractivity contribution is 6.03. The highest BCUT2D eigenvalue weighted by atomic mass is 19.1. The number of rotatable bonds is 3. The Hall–Kier alpha value is -2.63. The van der Waals surface area contributed by atoms with Crippen LogP contribution < -0.4 is 5.32 Å². The minimum Gasteiger partial charge on any atom is -0.475 e. The Bertz CT molecular complexity index is 648. The Balaban J connectivity index is 2.18. The number of carboxylic acid groups (broad SMARTS) is 1. The fraction of sp³-hybridized carbons (Fsp3) is 0.0769. The van der Waals surface area contributed by atoms with E-state index in [4.69, 9.17) is 9.52 Å². The number of amides is 1. The molecule has 19 heavy (non-hydrogen) atoms. The average Bonchev–Trinajstić information content (AvgIpc) is 2.82. The number of nitrogens with one attached hydrogen (secondary N) is 1. The van der Waals surface area contributed by atoms with E-state index in [2.05, 4.69) is 5.32 Å². The van der Waals surface area contributed by atoms with Crippen LogP contribution in [-0.2, 0) is 0 Å². The first-order valence-corrected chi connectivity index (χ1v) is 5.38. The number of aryl methyl sites for hydroxylation is 1. The lowest BCUT2D eigenvalue weighted by Gasteiger charge is -2.06. The van der Waals surface area contributed by atoms with Gasteiger partial charge in [0.2, 0.25) is 5.76 Å². The molecule has 0 aliphatic rings. The third-order valence-corrected chi connectivity index (χ3v) is 2.48. The minimum atomic E-state index is -1.25. The Morgan fingerprint density at radius 3 is 2.47 bits per heavy atom. The van der Waals surface area contributed by atoms with E-state index in [9.17, 15) is 14.0 Å². The Labute approximate surface area is 107 Å². The van der Waals surface area contributed by atoms with Crippen LogP contribution in [0.15, 0.2) is 34.7 Å². The summed E-state index contributed by atoms with van der Waals surface area (Å²) in [5.41, 5.74) is 0.984. The van der Waals surface area contributed by atoms with Gasteiger partial charge < -0.3 is 14.8 Å². The minimum absolute atomic E-state index is 0.124. The normalized spacial score (nSPS) is 10.2. The van der Waals surface area contributed by atoms with Crippen LogP contribution in [-0.4, -0.2) is 17.0 Å². The lowest BCUT2D eigenvalue weighted by molar-refractivity contribution is 0.0660. The molecule has 2 N–H and O–H groups in total. The van der Waals surface area contributed by atoms with Gasteiger partial charge >= 0.3 is 5.97 Å². The predicted molar refractivity (Wildman–Crippen MR) is 64.8 cm³/mol. The molecule has 2 aromatic rings. The zero-order chi connectivity index (χ0) is 14.0. The second-order valence-electron chi connectivity index (χ2n) is 3.88. The molecule has 1 aromatic carbocycles. The van der Waals surface area contributed by atoms with Gasteiger partial charge in [-0.3, -0.25) is 4.79 Å². The molecule has 0 saturated heterocycles. The van der Waals surface area contributed by atoms with E-state index in [1.54, 1.807) is 6.92 Å². The second-order valence-corrected chi connectivity index (χ2v) is 3.88. The van der Waals surface area contributed by atoms with Crippen molar-refractivity contribution in [3.8, 4) is 0 Å². The first kappa shape index (κ1) is 12.8. The molecule has 0 unspecified atom stereocenters. The Kier molecular flexibility index (Phi) is 3.33. The molecule has 1 aromatic heterocycles. The molecule has 0 spiro atoms. The number of halogens is 1. The molecule has 1 heterocycles. The molecule has 0 bridgehead atoms. The van der Waals surface area contributed by atoms with Gasteiger partial charge in [0, 0.05) is 5.69 Å². The molecular weight excluding hydrogens is 253 g/mol. The van der Waals surface area contributed by atoms with Gasteiger partial charge in [0.1, 0.15) is 5.82 Å². The number of benzene rings is 1. The molecule has 0 atom stereocenters. The number of anilines is 1. The highest BCUT2D eigenvalue weighted by Gasteiger charge is 2.15. The SMILES string of the molecule is Cc1cc(F)ccc1NC(=O)c1ccc(C(=O)O)o1. The monoisotopic (exact) mass is 263 g/mol. The summed E-state index contributed by atoms with van der Waals surface area (Å²) in [6.07, 6.45) is 0. The molecule has 98 valence electrons. The zero-order valence-corrected chi connectivity index (χ0v) is 9.94. The van der Waals surface area contributed by atoms with Gasteiger partial charge in [0.25, 0.3) is 5.91 Å². The topological polar surface area (TPSA) is 79.5 Å². The number of aromatic carboxylic acids is 1. The molecular formula is C13H10FNO4. The number of carboxylic acids is 1. The predicted octanol–water partition coefficient (Wildman–Crippen LogP) is 2.68. The van der Waals surface area contributed by atoms with E-state index in [1.807, 2.05) is 0 Å². The first-order chi connectivity index (χ1) is 8.97. The molecule has 0 aliphatic carbocycles. The maximum absolute atomic E-state index is 12.9. The van der Waals surface area contributed by atoms with E-state index >= 15 is 0 Å². The molecule has 1 amide bonds.